The Kier molecular flexibility index (Phi) is 4.00. The molecule has 0 saturated carbocycles. The quantitative estimate of drug-likeness (QED) is 0.856. The highest BCUT2D eigenvalue weighted by Crippen LogP contribution is 2.20. The monoisotopic (exact) mass is 261 g/mol. The van der Waals surface area contributed by atoms with Crippen molar-refractivity contribution in [2.24, 2.45) is 0 Å². The van der Waals surface area contributed by atoms with Gasteiger partial charge < -0.3 is 5.11 Å². The lowest BCUT2D eigenvalue weighted by atomic mass is 9.99. The first-order valence-corrected chi connectivity index (χ1v) is 6.29. The standard InChI is InChI=1S/C15H16ClNO/c1-10-3-4-12(7-11(10)2)8-14(18)13-5-6-15(16)17-9-13/h3-7,9,14,18H,8H2,1-2H3. The first-order chi connectivity index (χ1) is 8.56. The Balaban J connectivity index is 2.13. The number of benzene rings is 1. The third-order valence-electron chi connectivity index (χ3n) is 3.14. The van der Waals surface area contributed by atoms with Crippen LogP contribution in [0.1, 0.15) is 28.4 Å². The minimum Gasteiger partial charge on any atom is -0.388 e. The maximum absolute atomic E-state index is 10.1. The Morgan fingerprint density at radius 1 is 1.17 bits per heavy atom. The fourth-order valence-electron chi connectivity index (χ4n) is 1.86. The van der Waals surface area contributed by atoms with Crippen molar-refractivity contribution in [3.63, 3.8) is 0 Å². The number of pyridine rings is 1. The molecule has 0 saturated heterocycles. The lowest BCUT2D eigenvalue weighted by Gasteiger charge is -2.12. The molecule has 0 fully saturated rings. The molecule has 0 aliphatic heterocycles. The summed E-state index contributed by atoms with van der Waals surface area (Å²) in [5.74, 6) is 0. The van der Waals surface area contributed by atoms with Gasteiger partial charge in [0.15, 0.2) is 0 Å². The molecule has 1 aromatic carbocycles. The van der Waals surface area contributed by atoms with Crippen molar-refractivity contribution in [3.05, 3.63) is 63.9 Å². The zero-order chi connectivity index (χ0) is 13.1. The predicted octanol–water partition coefficient (Wildman–Crippen LogP) is 3.63. The number of nitrogens with zero attached hydrogens (tertiary/aromatic N) is 1. The van der Waals surface area contributed by atoms with Crippen LogP contribution in [0.3, 0.4) is 0 Å². The van der Waals surface area contributed by atoms with E-state index >= 15 is 0 Å². The summed E-state index contributed by atoms with van der Waals surface area (Å²) in [6.45, 7) is 4.16. The fourth-order valence-corrected chi connectivity index (χ4v) is 1.97. The molecule has 0 radical (unpaired) electrons. The minimum atomic E-state index is -0.545. The fraction of sp³-hybridized carbons (Fsp3) is 0.267. The Labute approximate surface area is 112 Å². The van der Waals surface area contributed by atoms with Gasteiger partial charge >= 0.3 is 0 Å². The minimum absolute atomic E-state index is 0.442. The van der Waals surface area contributed by atoms with Crippen LogP contribution in [0.5, 0.6) is 0 Å². The van der Waals surface area contributed by atoms with E-state index in [1.54, 1.807) is 18.3 Å². The molecule has 94 valence electrons. The molecule has 0 bridgehead atoms. The molecule has 0 spiro atoms. The largest absolute Gasteiger partial charge is 0.388 e. The van der Waals surface area contributed by atoms with Gasteiger partial charge in [-0.2, -0.15) is 0 Å². The van der Waals surface area contributed by atoms with Gasteiger partial charge in [0.25, 0.3) is 0 Å². The number of hydrogen-bond acceptors (Lipinski definition) is 2. The van der Waals surface area contributed by atoms with Gasteiger partial charge in [-0.15, -0.1) is 0 Å². The number of aryl methyl sites for hydroxylation is 2. The van der Waals surface area contributed by atoms with E-state index < -0.39 is 6.10 Å². The lowest BCUT2D eigenvalue weighted by molar-refractivity contribution is 0.178. The van der Waals surface area contributed by atoms with Crippen molar-refractivity contribution >= 4 is 11.6 Å². The van der Waals surface area contributed by atoms with Gasteiger partial charge in [-0.05, 0) is 42.2 Å². The number of hydrogen-bond donors (Lipinski definition) is 1. The second-order valence-corrected chi connectivity index (χ2v) is 4.94. The highest BCUT2D eigenvalue weighted by molar-refractivity contribution is 6.29. The van der Waals surface area contributed by atoms with E-state index in [0.717, 1.165) is 11.1 Å². The molecular weight excluding hydrogens is 246 g/mol. The van der Waals surface area contributed by atoms with Gasteiger partial charge in [-0.1, -0.05) is 35.9 Å². The summed E-state index contributed by atoms with van der Waals surface area (Å²) in [7, 11) is 0. The van der Waals surface area contributed by atoms with E-state index in [2.05, 4.69) is 37.0 Å². The normalized spacial score (nSPS) is 12.4. The average molecular weight is 262 g/mol. The van der Waals surface area contributed by atoms with Gasteiger partial charge in [-0.25, -0.2) is 4.98 Å². The summed E-state index contributed by atoms with van der Waals surface area (Å²) < 4.78 is 0. The topological polar surface area (TPSA) is 33.1 Å². The molecular formula is C15H16ClNO. The third-order valence-corrected chi connectivity index (χ3v) is 3.36. The maximum atomic E-state index is 10.1. The molecule has 2 aromatic rings. The Hall–Kier alpha value is -1.38. The van der Waals surface area contributed by atoms with E-state index in [0.29, 0.717) is 11.6 Å². The summed E-state index contributed by atoms with van der Waals surface area (Å²) >= 11 is 5.72. The summed E-state index contributed by atoms with van der Waals surface area (Å²) in [4.78, 5) is 3.98. The molecule has 2 rings (SSSR count). The van der Waals surface area contributed by atoms with Crippen molar-refractivity contribution in [2.75, 3.05) is 0 Å². The van der Waals surface area contributed by atoms with Crippen LogP contribution in [0.2, 0.25) is 5.15 Å². The molecule has 3 heteroatoms. The van der Waals surface area contributed by atoms with Crippen molar-refractivity contribution in [3.8, 4) is 0 Å². The SMILES string of the molecule is Cc1ccc(CC(O)c2ccc(Cl)nc2)cc1C. The number of aliphatic hydroxyl groups excluding tert-OH is 1. The highest BCUT2D eigenvalue weighted by Gasteiger charge is 2.09. The van der Waals surface area contributed by atoms with Crippen LogP contribution in [0, 0.1) is 13.8 Å². The zero-order valence-corrected chi connectivity index (χ0v) is 11.3. The molecule has 0 amide bonds. The summed E-state index contributed by atoms with van der Waals surface area (Å²) in [6, 6.07) is 9.75. The van der Waals surface area contributed by atoms with Crippen LogP contribution in [-0.2, 0) is 6.42 Å². The van der Waals surface area contributed by atoms with E-state index in [9.17, 15) is 5.11 Å². The second-order valence-electron chi connectivity index (χ2n) is 4.55. The highest BCUT2D eigenvalue weighted by atomic mass is 35.5. The molecule has 1 N–H and O–H groups in total. The zero-order valence-electron chi connectivity index (χ0n) is 10.5. The van der Waals surface area contributed by atoms with Gasteiger partial charge in [0.2, 0.25) is 0 Å². The van der Waals surface area contributed by atoms with Crippen LogP contribution in [0.25, 0.3) is 0 Å². The molecule has 1 atom stereocenters. The smallest absolute Gasteiger partial charge is 0.129 e. The Bertz CT molecular complexity index is 537. The van der Waals surface area contributed by atoms with Crippen LogP contribution >= 0.6 is 11.6 Å². The molecule has 0 aliphatic rings. The average Bonchev–Trinajstić information content (AvgIpc) is 2.34. The van der Waals surface area contributed by atoms with E-state index in [-0.39, 0.29) is 0 Å². The summed E-state index contributed by atoms with van der Waals surface area (Å²) in [6.07, 6.45) is 1.66. The molecule has 1 heterocycles. The van der Waals surface area contributed by atoms with Crippen molar-refractivity contribution in [1.82, 2.24) is 4.98 Å². The number of halogens is 1. The third kappa shape index (κ3) is 3.09. The summed E-state index contributed by atoms with van der Waals surface area (Å²) in [5.41, 5.74) is 4.42. The van der Waals surface area contributed by atoms with E-state index in [4.69, 9.17) is 11.6 Å². The Morgan fingerprint density at radius 3 is 2.56 bits per heavy atom. The first-order valence-electron chi connectivity index (χ1n) is 5.92. The molecule has 0 aliphatic carbocycles. The maximum Gasteiger partial charge on any atom is 0.129 e. The van der Waals surface area contributed by atoms with Gasteiger partial charge in [0, 0.05) is 12.6 Å². The van der Waals surface area contributed by atoms with Crippen LogP contribution in [-0.4, -0.2) is 10.1 Å². The van der Waals surface area contributed by atoms with E-state index in [1.165, 1.54) is 11.1 Å². The second kappa shape index (κ2) is 5.51. The van der Waals surface area contributed by atoms with Gasteiger partial charge in [0.1, 0.15) is 5.15 Å². The Morgan fingerprint density at radius 2 is 1.94 bits per heavy atom. The molecule has 1 aromatic heterocycles. The van der Waals surface area contributed by atoms with Crippen LogP contribution in [0.15, 0.2) is 36.5 Å². The van der Waals surface area contributed by atoms with Gasteiger partial charge in [-0.3, -0.25) is 0 Å². The number of aromatic nitrogens is 1. The van der Waals surface area contributed by atoms with Crippen molar-refractivity contribution < 1.29 is 5.11 Å². The lowest BCUT2D eigenvalue weighted by Crippen LogP contribution is -2.02. The number of aliphatic hydroxyl groups is 1. The van der Waals surface area contributed by atoms with E-state index in [1.807, 2.05) is 0 Å². The number of rotatable bonds is 3. The molecule has 2 nitrogen and oxygen atoms in total. The molecule has 18 heavy (non-hydrogen) atoms. The van der Waals surface area contributed by atoms with Crippen molar-refractivity contribution in [1.29, 1.82) is 0 Å². The van der Waals surface area contributed by atoms with Crippen LogP contribution in [0.4, 0.5) is 0 Å². The van der Waals surface area contributed by atoms with Crippen LogP contribution < -0.4 is 0 Å². The van der Waals surface area contributed by atoms with Gasteiger partial charge in [0.05, 0.1) is 6.10 Å². The first kappa shape index (κ1) is 13.1. The summed E-state index contributed by atoms with van der Waals surface area (Å²) in [5, 5.41) is 10.6. The van der Waals surface area contributed by atoms with Crippen molar-refractivity contribution in [2.45, 2.75) is 26.4 Å². The predicted molar refractivity (Wildman–Crippen MR) is 73.8 cm³/mol. The molecule has 1 unspecified atom stereocenters.